The Morgan fingerprint density at radius 2 is 1.95 bits per heavy atom. The molecule has 3 heteroatoms. The van der Waals surface area contributed by atoms with Gasteiger partial charge in [-0.15, -0.1) is 0 Å². The summed E-state index contributed by atoms with van der Waals surface area (Å²) in [5.74, 6) is 0. The number of nitrogens with two attached hydrogens (primary N) is 1. The lowest BCUT2D eigenvalue weighted by Crippen LogP contribution is -2.25. The summed E-state index contributed by atoms with van der Waals surface area (Å²) in [5.41, 5.74) is 10.2. The first kappa shape index (κ1) is 14.6. The molecule has 0 spiro atoms. The van der Waals surface area contributed by atoms with Crippen LogP contribution in [-0.4, -0.2) is 12.1 Å². The van der Waals surface area contributed by atoms with Crippen molar-refractivity contribution >= 4 is 17.0 Å². The first-order valence-electron chi connectivity index (χ1n) is 7.88. The van der Waals surface area contributed by atoms with Gasteiger partial charge in [0.25, 0.3) is 0 Å². The molecular weight excluding hydrogens is 276 g/mol. The molecule has 1 saturated carbocycles. The van der Waals surface area contributed by atoms with Gasteiger partial charge in [0.05, 0.1) is 0 Å². The zero-order valence-corrected chi connectivity index (χ0v) is 13.5. The summed E-state index contributed by atoms with van der Waals surface area (Å²) >= 11 is 1.78. The van der Waals surface area contributed by atoms with Crippen molar-refractivity contribution in [1.29, 1.82) is 0 Å². The van der Waals surface area contributed by atoms with Crippen molar-refractivity contribution in [3.05, 3.63) is 52.2 Å². The van der Waals surface area contributed by atoms with E-state index in [4.69, 9.17) is 5.73 Å². The SMILES string of the molecule is CCC(N)Cc1ccc(N(Cc2ccsc2)C2CC2)cc1. The van der Waals surface area contributed by atoms with Gasteiger partial charge >= 0.3 is 0 Å². The number of hydrogen-bond donors (Lipinski definition) is 1. The fourth-order valence-corrected chi connectivity index (χ4v) is 3.33. The molecule has 21 heavy (non-hydrogen) atoms. The van der Waals surface area contributed by atoms with Gasteiger partial charge in [0.15, 0.2) is 0 Å². The maximum atomic E-state index is 6.04. The smallest absolute Gasteiger partial charge is 0.0440 e. The first-order chi connectivity index (χ1) is 10.3. The lowest BCUT2D eigenvalue weighted by Gasteiger charge is -2.24. The monoisotopic (exact) mass is 300 g/mol. The van der Waals surface area contributed by atoms with E-state index >= 15 is 0 Å². The molecule has 3 rings (SSSR count). The fraction of sp³-hybridized carbons (Fsp3) is 0.444. The highest BCUT2D eigenvalue weighted by Gasteiger charge is 2.29. The maximum absolute atomic E-state index is 6.04. The van der Waals surface area contributed by atoms with E-state index in [0.29, 0.717) is 0 Å². The number of hydrogen-bond acceptors (Lipinski definition) is 3. The number of benzene rings is 1. The zero-order valence-electron chi connectivity index (χ0n) is 12.7. The quantitative estimate of drug-likeness (QED) is 0.830. The highest BCUT2D eigenvalue weighted by molar-refractivity contribution is 7.07. The van der Waals surface area contributed by atoms with Crippen molar-refractivity contribution in [1.82, 2.24) is 0 Å². The minimum Gasteiger partial charge on any atom is -0.364 e. The highest BCUT2D eigenvalue weighted by Crippen LogP contribution is 2.33. The van der Waals surface area contributed by atoms with Gasteiger partial charge in [-0.25, -0.2) is 0 Å². The molecule has 1 fully saturated rings. The van der Waals surface area contributed by atoms with Crippen LogP contribution in [0.3, 0.4) is 0 Å². The van der Waals surface area contributed by atoms with Crippen LogP contribution in [0.5, 0.6) is 0 Å². The lowest BCUT2D eigenvalue weighted by atomic mass is 10.0. The van der Waals surface area contributed by atoms with Crippen LogP contribution in [0.15, 0.2) is 41.1 Å². The lowest BCUT2D eigenvalue weighted by molar-refractivity contribution is 0.646. The minimum absolute atomic E-state index is 0.279. The Hall–Kier alpha value is -1.32. The minimum atomic E-state index is 0.279. The van der Waals surface area contributed by atoms with E-state index < -0.39 is 0 Å². The summed E-state index contributed by atoms with van der Waals surface area (Å²) in [6.07, 6.45) is 4.66. The normalized spacial score (nSPS) is 15.9. The van der Waals surface area contributed by atoms with Crippen molar-refractivity contribution in [2.45, 2.75) is 51.2 Å². The van der Waals surface area contributed by atoms with Gasteiger partial charge in [0.1, 0.15) is 0 Å². The van der Waals surface area contributed by atoms with Crippen LogP contribution >= 0.6 is 11.3 Å². The first-order valence-corrected chi connectivity index (χ1v) is 8.82. The second-order valence-corrected chi connectivity index (χ2v) is 6.81. The second-order valence-electron chi connectivity index (χ2n) is 6.03. The van der Waals surface area contributed by atoms with Gasteiger partial charge in [0.2, 0.25) is 0 Å². The molecule has 1 aliphatic rings. The van der Waals surface area contributed by atoms with Crippen molar-refractivity contribution in [3.63, 3.8) is 0 Å². The Morgan fingerprint density at radius 1 is 1.19 bits per heavy atom. The predicted octanol–water partition coefficient (Wildman–Crippen LogP) is 4.20. The fourth-order valence-electron chi connectivity index (χ4n) is 2.67. The maximum Gasteiger partial charge on any atom is 0.0440 e. The van der Waals surface area contributed by atoms with Crippen LogP contribution in [0.2, 0.25) is 0 Å². The molecule has 2 N–H and O–H groups in total. The predicted molar refractivity (Wildman–Crippen MR) is 91.9 cm³/mol. The van der Waals surface area contributed by atoms with Crippen LogP contribution in [0, 0.1) is 0 Å². The molecule has 0 bridgehead atoms. The molecule has 1 atom stereocenters. The van der Waals surface area contributed by atoms with Gasteiger partial charge in [0, 0.05) is 24.3 Å². The van der Waals surface area contributed by atoms with Gasteiger partial charge in [-0.2, -0.15) is 11.3 Å². The summed E-state index contributed by atoms with van der Waals surface area (Å²) in [6, 6.07) is 12.3. The summed E-state index contributed by atoms with van der Waals surface area (Å²) in [4.78, 5) is 2.55. The Morgan fingerprint density at radius 3 is 2.52 bits per heavy atom. The molecule has 1 aromatic heterocycles. The van der Waals surface area contributed by atoms with Crippen molar-refractivity contribution in [2.24, 2.45) is 5.73 Å². The molecule has 1 heterocycles. The molecule has 0 saturated heterocycles. The topological polar surface area (TPSA) is 29.3 Å². The average Bonchev–Trinajstić information content (AvgIpc) is 3.22. The van der Waals surface area contributed by atoms with Crippen molar-refractivity contribution < 1.29 is 0 Å². The molecule has 2 nitrogen and oxygen atoms in total. The molecule has 112 valence electrons. The van der Waals surface area contributed by atoms with E-state index in [9.17, 15) is 0 Å². The van der Waals surface area contributed by atoms with Crippen molar-refractivity contribution in [3.8, 4) is 0 Å². The Bertz CT molecular complexity index is 543. The summed E-state index contributed by atoms with van der Waals surface area (Å²) in [6.45, 7) is 3.18. The Kier molecular flexibility index (Phi) is 4.61. The standard InChI is InChI=1S/C18H24N2S/c1-2-16(19)11-14-3-5-17(6-4-14)20(18-7-8-18)12-15-9-10-21-13-15/h3-6,9-10,13,16,18H,2,7-8,11-12,19H2,1H3. The van der Waals surface area contributed by atoms with Crippen LogP contribution in [0.1, 0.15) is 37.3 Å². The third-order valence-electron chi connectivity index (χ3n) is 4.21. The van der Waals surface area contributed by atoms with Crippen LogP contribution in [0.4, 0.5) is 5.69 Å². The number of rotatable bonds is 7. The van der Waals surface area contributed by atoms with Crippen LogP contribution in [-0.2, 0) is 13.0 Å². The van der Waals surface area contributed by atoms with E-state index in [1.54, 1.807) is 11.3 Å². The molecule has 1 aliphatic carbocycles. The van der Waals surface area contributed by atoms with E-state index in [0.717, 1.165) is 25.4 Å². The summed E-state index contributed by atoms with van der Waals surface area (Å²) in [7, 11) is 0. The number of thiophene rings is 1. The van der Waals surface area contributed by atoms with Gasteiger partial charge in [-0.05, 0) is 65.8 Å². The Labute approximate surface area is 131 Å². The largest absolute Gasteiger partial charge is 0.364 e. The molecule has 0 amide bonds. The van der Waals surface area contributed by atoms with Crippen LogP contribution < -0.4 is 10.6 Å². The Balaban J connectivity index is 1.71. The van der Waals surface area contributed by atoms with Crippen molar-refractivity contribution in [2.75, 3.05) is 4.90 Å². The molecule has 0 aliphatic heterocycles. The number of anilines is 1. The van der Waals surface area contributed by atoms with Gasteiger partial charge < -0.3 is 10.6 Å². The van der Waals surface area contributed by atoms with Gasteiger partial charge in [-0.3, -0.25) is 0 Å². The molecule has 0 radical (unpaired) electrons. The van der Waals surface area contributed by atoms with Crippen LogP contribution in [0.25, 0.3) is 0 Å². The third kappa shape index (κ3) is 3.86. The summed E-state index contributed by atoms with van der Waals surface area (Å²) in [5, 5.41) is 4.42. The second kappa shape index (κ2) is 6.63. The highest BCUT2D eigenvalue weighted by atomic mass is 32.1. The average molecular weight is 300 g/mol. The van der Waals surface area contributed by atoms with E-state index in [1.807, 2.05) is 0 Å². The number of nitrogens with zero attached hydrogens (tertiary/aromatic N) is 1. The van der Waals surface area contributed by atoms with Gasteiger partial charge in [-0.1, -0.05) is 19.1 Å². The third-order valence-corrected chi connectivity index (χ3v) is 4.94. The zero-order chi connectivity index (χ0) is 14.7. The molecule has 1 aromatic carbocycles. The summed E-state index contributed by atoms with van der Waals surface area (Å²) < 4.78 is 0. The van der Waals surface area contributed by atoms with E-state index in [1.165, 1.54) is 29.7 Å². The molecule has 1 unspecified atom stereocenters. The van der Waals surface area contributed by atoms with E-state index in [-0.39, 0.29) is 6.04 Å². The van der Waals surface area contributed by atoms with E-state index in [2.05, 4.69) is 52.9 Å². The molecule has 2 aromatic rings. The molecular formula is C18H24N2S.